The van der Waals surface area contributed by atoms with Crippen molar-refractivity contribution in [3.63, 3.8) is 0 Å². The number of carbonyl (C=O) groups excluding carboxylic acids is 3. The van der Waals surface area contributed by atoms with Crippen LogP contribution in [-0.2, 0) is 28.6 Å². The summed E-state index contributed by atoms with van der Waals surface area (Å²) < 4.78 is 16.9. The zero-order valence-corrected chi connectivity index (χ0v) is 48.0. The Morgan fingerprint density at radius 3 is 0.718 bits per heavy atom. The van der Waals surface area contributed by atoms with Crippen LogP contribution in [0, 0.1) is 0 Å². The van der Waals surface area contributed by atoms with Gasteiger partial charge in [0.15, 0.2) is 6.10 Å². The highest BCUT2D eigenvalue weighted by atomic mass is 16.6. The molecule has 6 nitrogen and oxygen atoms in total. The minimum absolute atomic E-state index is 0.0703. The van der Waals surface area contributed by atoms with Gasteiger partial charge in [0, 0.05) is 19.3 Å². The molecule has 0 fully saturated rings. The summed E-state index contributed by atoms with van der Waals surface area (Å²) in [4.78, 5) is 38.3. The zero-order chi connectivity index (χ0) is 51.4. The SMILES string of the molecule is CCCCCC/C=C\CCCCCCCC(=O)O[C@H](COC(=O)CCCCCCCCCCC/C=C\CCCCCCCC)COC(=O)CCCCCCCCCCCCCCCCCCCCCCC. The van der Waals surface area contributed by atoms with Crippen LogP contribution in [0.15, 0.2) is 24.3 Å². The van der Waals surface area contributed by atoms with Gasteiger partial charge in [-0.1, -0.05) is 289 Å². The van der Waals surface area contributed by atoms with Gasteiger partial charge in [0.25, 0.3) is 0 Å². The lowest BCUT2D eigenvalue weighted by Crippen LogP contribution is -2.30. The maximum Gasteiger partial charge on any atom is 0.306 e. The fraction of sp³-hybridized carbons (Fsp3) is 0.892. The van der Waals surface area contributed by atoms with Gasteiger partial charge in [-0.15, -0.1) is 0 Å². The fourth-order valence-corrected chi connectivity index (χ4v) is 9.61. The smallest absolute Gasteiger partial charge is 0.306 e. The second-order valence-corrected chi connectivity index (χ2v) is 21.7. The Hall–Kier alpha value is -2.11. The van der Waals surface area contributed by atoms with E-state index in [0.29, 0.717) is 19.3 Å². The topological polar surface area (TPSA) is 78.9 Å². The van der Waals surface area contributed by atoms with Crippen molar-refractivity contribution < 1.29 is 28.6 Å². The number of esters is 3. The van der Waals surface area contributed by atoms with Gasteiger partial charge in [0.05, 0.1) is 0 Å². The molecule has 418 valence electrons. The average molecular weight is 1000 g/mol. The largest absolute Gasteiger partial charge is 0.462 e. The molecule has 0 aliphatic rings. The van der Waals surface area contributed by atoms with Crippen LogP contribution in [0.4, 0.5) is 0 Å². The van der Waals surface area contributed by atoms with Crippen molar-refractivity contribution in [3.05, 3.63) is 24.3 Å². The van der Waals surface area contributed by atoms with E-state index >= 15 is 0 Å². The fourth-order valence-electron chi connectivity index (χ4n) is 9.61. The molecule has 0 N–H and O–H groups in total. The van der Waals surface area contributed by atoms with Crippen molar-refractivity contribution in [3.8, 4) is 0 Å². The molecule has 0 bridgehead atoms. The Labute approximate surface area is 443 Å². The Bertz CT molecular complexity index is 1150. The molecule has 0 aromatic rings. The first kappa shape index (κ1) is 68.9. The van der Waals surface area contributed by atoms with Crippen LogP contribution in [0.25, 0.3) is 0 Å². The van der Waals surface area contributed by atoms with Gasteiger partial charge in [0.1, 0.15) is 13.2 Å². The van der Waals surface area contributed by atoms with Crippen LogP contribution in [-0.4, -0.2) is 37.2 Å². The first-order chi connectivity index (χ1) is 35.0. The normalized spacial score (nSPS) is 12.1. The molecule has 0 saturated heterocycles. The lowest BCUT2D eigenvalue weighted by atomic mass is 10.0. The van der Waals surface area contributed by atoms with Crippen LogP contribution in [0.2, 0.25) is 0 Å². The lowest BCUT2D eigenvalue weighted by Gasteiger charge is -2.18. The number of allylic oxidation sites excluding steroid dienone is 4. The highest BCUT2D eigenvalue weighted by Gasteiger charge is 2.19. The second-order valence-electron chi connectivity index (χ2n) is 21.7. The minimum atomic E-state index is -0.773. The number of carbonyl (C=O) groups is 3. The quantitative estimate of drug-likeness (QED) is 0.0261. The number of ether oxygens (including phenoxy) is 3. The van der Waals surface area contributed by atoms with E-state index in [9.17, 15) is 14.4 Å². The zero-order valence-electron chi connectivity index (χ0n) is 48.0. The molecule has 0 aliphatic carbocycles. The van der Waals surface area contributed by atoms with Gasteiger partial charge in [-0.25, -0.2) is 0 Å². The summed E-state index contributed by atoms with van der Waals surface area (Å²) in [6.07, 6.45) is 71.8. The number of hydrogen-bond acceptors (Lipinski definition) is 6. The molecule has 71 heavy (non-hydrogen) atoms. The van der Waals surface area contributed by atoms with E-state index in [1.165, 1.54) is 250 Å². The summed E-state index contributed by atoms with van der Waals surface area (Å²) in [5, 5.41) is 0. The van der Waals surface area contributed by atoms with E-state index in [1.807, 2.05) is 0 Å². The highest BCUT2D eigenvalue weighted by molar-refractivity contribution is 5.71. The van der Waals surface area contributed by atoms with Crippen molar-refractivity contribution in [1.82, 2.24) is 0 Å². The summed E-state index contributed by atoms with van der Waals surface area (Å²) in [6, 6.07) is 0. The van der Waals surface area contributed by atoms with Gasteiger partial charge < -0.3 is 14.2 Å². The Balaban J connectivity index is 4.26. The van der Waals surface area contributed by atoms with E-state index in [4.69, 9.17) is 14.2 Å². The third-order valence-electron chi connectivity index (χ3n) is 14.4. The summed E-state index contributed by atoms with van der Waals surface area (Å²) in [5.74, 6) is -0.856. The van der Waals surface area contributed by atoms with Crippen LogP contribution in [0.3, 0.4) is 0 Å². The van der Waals surface area contributed by atoms with E-state index in [-0.39, 0.29) is 31.1 Å². The summed E-state index contributed by atoms with van der Waals surface area (Å²) in [5.41, 5.74) is 0. The van der Waals surface area contributed by atoms with Gasteiger partial charge in [-0.2, -0.15) is 0 Å². The number of unbranched alkanes of at least 4 members (excludes halogenated alkanes) is 44. The maximum absolute atomic E-state index is 12.9. The average Bonchev–Trinajstić information content (AvgIpc) is 3.37. The molecule has 1 atom stereocenters. The van der Waals surface area contributed by atoms with Gasteiger partial charge in [-0.3, -0.25) is 14.4 Å². The first-order valence-corrected chi connectivity index (χ1v) is 31.8. The minimum Gasteiger partial charge on any atom is -0.462 e. The molecule has 6 heteroatoms. The number of rotatable bonds is 59. The molecule has 0 aliphatic heterocycles. The van der Waals surface area contributed by atoms with Crippen LogP contribution in [0.1, 0.15) is 355 Å². The molecule has 0 heterocycles. The Morgan fingerprint density at radius 1 is 0.268 bits per heavy atom. The highest BCUT2D eigenvalue weighted by Crippen LogP contribution is 2.18. The Morgan fingerprint density at radius 2 is 0.465 bits per heavy atom. The molecule has 0 unspecified atom stereocenters. The second kappa shape index (κ2) is 60.4. The molecular formula is C65H122O6. The summed E-state index contributed by atoms with van der Waals surface area (Å²) in [7, 11) is 0. The third-order valence-corrected chi connectivity index (χ3v) is 14.4. The molecule has 0 aromatic heterocycles. The van der Waals surface area contributed by atoms with Gasteiger partial charge in [0.2, 0.25) is 0 Å². The lowest BCUT2D eigenvalue weighted by molar-refractivity contribution is -0.167. The molecule has 0 saturated carbocycles. The van der Waals surface area contributed by atoms with Crippen molar-refractivity contribution >= 4 is 17.9 Å². The van der Waals surface area contributed by atoms with Crippen molar-refractivity contribution in [2.75, 3.05) is 13.2 Å². The van der Waals surface area contributed by atoms with E-state index < -0.39 is 6.10 Å². The molecular weight excluding hydrogens is 877 g/mol. The van der Waals surface area contributed by atoms with Crippen LogP contribution >= 0.6 is 0 Å². The molecule has 0 aromatic carbocycles. The molecule has 0 radical (unpaired) electrons. The van der Waals surface area contributed by atoms with Crippen LogP contribution in [0.5, 0.6) is 0 Å². The van der Waals surface area contributed by atoms with Crippen molar-refractivity contribution in [2.24, 2.45) is 0 Å². The standard InChI is InChI=1S/C65H122O6/c1-4-7-10-13-16-19-22-25-27-29-31-32-34-36-38-41-43-46-49-52-55-58-64(67)70-61-62(71-65(68)59-56-53-50-47-44-39-24-21-18-15-12-9-6-3)60-69-63(66)57-54-51-48-45-42-40-37-35-33-30-28-26-23-20-17-14-11-8-5-2/h21,24,26,28,62H,4-20,22-23,25,27,29-61H2,1-3H3/b24-21-,28-26-/t62-/m1/s1. The molecule has 0 spiro atoms. The van der Waals surface area contributed by atoms with E-state index in [1.54, 1.807) is 0 Å². The van der Waals surface area contributed by atoms with E-state index in [2.05, 4.69) is 45.1 Å². The monoisotopic (exact) mass is 999 g/mol. The first-order valence-electron chi connectivity index (χ1n) is 31.8. The molecule has 0 amide bonds. The van der Waals surface area contributed by atoms with Crippen LogP contribution < -0.4 is 0 Å². The van der Waals surface area contributed by atoms with Gasteiger partial charge >= 0.3 is 17.9 Å². The third kappa shape index (κ3) is 58.7. The van der Waals surface area contributed by atoms with Crippen molar-refractivity contribution in [2.45, 2.75) is 361 Å². The summed E-state index contributed by atoms with van der Waals surface area (Å²) in [6.45, 7) is 6.68. The predicted molar refractivity (Wildman–Crippen MR) is 307 cm³/mol. The van der Waals surface area contributed by atoms with Gasteiger partial charge in [-0.05, 0) is 70.6 Å². The van der Waals surface area contributed by atoms with E-state index in [0.717, 1.165) is 64.2 Å². The molecule has 0 rings (SSSR count). The Kier molecular flexibility index (Phi) is 58.6. The summed E-state index contributed by atoms with van der Waals surface area (Å²) >= 11 is 0. The van der Waals surface area contributed by atoms with Crippen molar-refractivity contribution in [1.29, 1.82) is 0 Å². The predicted octanol–water partition coefficient (Wildman–Crippen LogP) is 21.4. The number of hydrogen-bond donors (Lipinski definition) is 0. The maximum atomic E-state index is 12.9.